The Bertz CT molecular complexity index is 323. The first-order chi connectivity index (χ1) is 5.20. The molecule has 2 rings (SSSR count). The van der Waals surface area contributed by atoms with E-state index in [9.17, 15) is 4.79 Å². The molecular weight excluding hydrogens is 138 g/mol. The van der Waals surface area contributed by atoms with Gasteiger partial charge >= 0.3 is 0 Å². The third-order valence-corrected chi connectivity index (χ3v) is 2.46. The zero-order valence-corrected chi connectivity index (χ0v) is 6.82. The molecule has 0 bridgehead atoms. The summed E-state index contributed by atoms with van der Waals surface area (Å²) in [4.78, 5) is 14.5. The van der Waals surface area contributed by atoms with E-state index in [0.717, 1.165) is 28.9 Å². The van der Waals surface area contributed by atoms with Crippen LogP contribution < -0.4 is 0 Å². The molecule has 0 aliphatic heterocycles. The molecule has 0 radical (unpaired) electrons. The van der Waals surface area contributed by atoms with Gasteiger partial charge < -0.3 is 4.98 Å². The lowest BCUT2D eigenvalue weighted by Crippen LogP contribution is -1.92. The average Bonchev–Trinajstić information content (AvgIpc) is 2.41. The summed E-state index contributed by atoms with van der Waals surface area (Å²) < 4.78 is 0. The molecule has 0 aromatic carbocycles. The van der Waals surface area contributed by atoms with Crippen LogP contribution in [0.3, 0.4) is 0 Å². The minimum absolute atomic E-state index is 0.307. The summed E-state index contributed by atoms with van der Waals surface area (Å²) in [6.45, 7) is 4.02. The van der Waals surface area contributed by atoms with Crippen molar-refractivity contribution in [2.75, 3.05) is 0 Å². The molecule has 0 saturated carbocycles. The Morgan fingerprint density at radius 2 is 2.00 bits per heavy atom. The van der Waals surface area contributed by atoms with Crippen molar-refractivity contribution >= 4 is 5.78 Å². The first-order valence-electron chi connectivity index (χ1n) is 3.91. The SMILES string of the molecule is Cc1[nH]c2c(c1C)C(=O)CC2. The Morgan fingerprint density at radius 3 is 2.64 bits per heavy atom. The van der Waals surface area contributed by atoms with Gasteiger partial charge in [-0.3, -0.25) is 4.79 Å². The largest absolute Gasteiger partial charge is 0.362 e. The standard InChI is InChI=1S/C9H11NO/c1-5-6(2)10-7-3-4-8(11)9(5)7/h10H,3-4H2,1-2H3. The highest BCUT2D eigenvalue weighted by atomic mass is 16.1. The highest BCUT2D eigenvalue weighted by Crippen LogP contribution is 2.26. The fraction of sp³-hybridized carbons (Fsp3) is 0.444. The number of rotatable bonds is 0. The lowest BCUT2D eigenvalue weighted by Gasteiger charge is -1.91. The van der Waals surface area contributed by atoms with Gasteiger partial charge in [-0.25, -0.2) is 0 Å². The molecule has 0 atom stereocenters. The van der Waals surface area contributed by atoms with E-state index in [1.54, 1.807) is 0 Å². The Hall–Kier alpha value is -1.05. The molecular formula is C9H11NO. The van der Waals surface area contributed by atoms with Crippen LogP contribution in [0.25, 0.3) is 0 Å². The van der Waals surface area contributed by atoms with Gasteiger partial charge in [0.15, 0.2) is 5.78 Å². The number of aromatic amines is 1. The highest BCUT2D eigenvalue weighted by molar-refractivity contribution is 6.01. The summed E-state index contributed by atoms with van der Waals surface area (Å²) in [6.07, 6.45) is 1.60. The molecule has 2 heteroatoms. The number of hydrogen-bond acceptors (Lipinski definition) is 1. The molecule has 1 aromatic heterocycles. The molecule has 1 aliphatic rings. The van der Waals surface area contributed by atoms with E-state index in [2.05, 4.69) is 4.98 Å². The van der Waals surface area contributed by atoms with Crippen LogP contribution in [-0.4, -0.2) is 10.8 Å². The molecule has 11 heavy (non-hydrogen) atoms. The normalized spacial score (nSPS) is 15.6. The maximum Gasteiger partial charge on any atom is 0.165 e. The second-order valence-electron chi connectivity index (χ2n) is 3.15. The zero-order valence-electron chi connectivity index (χ0n) is 6.82. The summed E-state index contributed by atoms with van der Waals surface area (Å²) in [7, 11) is 0. The summed E-state index contributed by atoms with van der Waals surface area (Å²) in [6, 6.07) is 0. The fourth-order valence-corrected chi connectivity index (χ4v) is 1.72. The fourth-order valence-electron chi connectivity index (χ4n) is 1.72. The van der Waals surface area contributed by atoms with Gasteiger partial charge in [0.25, 0.3) is 0 Å². The van der Waals surface area contributed by atoms with E-state index in [-0.39, 0.29) is 0 Å². The third-order valence-electron chi connectivity index (χ3n) is 2.46. The number of ketones is 1. The Kier molecular flexibility index (Phi) is 1.19. The second-order valence-corrected chi connectivity index (χ2v) is 3.15. The smallest absolute Gasteiger partial charge is 0.165 e. The number of fused-ring (bicyclic) bond motifs is 1. The van der Waals surface area contributed by atoms with Crippen molar-refractivity contribution in [3.63, 3.8) is 0 Å². The van der Waals surface area contributed by atoms with Crippen molar-refractivity contribution in [2.45, 2.75) is 26.7 Å². The van der Waals surface area contributed by atoms with Crippen LogP contribution >= 0.6 is 0 Å². The van der Waals surface area contributed by atoms with Gasteiger partial charge in [0.1, 0.15) is 0 Å². The Morgan fingerprint density at radius 1 is 1.27 bits per heavy atom. The number of aromatic nitrogens is 1. The Labute approximate surface area is 65.6 Å². The van der Waals surface area contributed by atoms with E-state index >= 15 is 0 Å². The van der Waals surface area contributed by atoms with Crippen molar-refractivity contribution in [3.05, 3.63) is 22.5 Å². The zero-order chi connectivity index (χ0) is 8.01. The topological polar surface area (TPSA) is 32.9 Å². The van der Waals surface area contributed by atoms with Gasteiger partial charge in [0, 0.05) is 23.4 Å². The molecule has 0 amide bonds. The number of hydrogen-bond donors (Lipinski definition) is 1. The van der Waals surface area contributed by atoms with Gasteiger partial charge in [-0.15, -0.1) is 0 Å². The van der Waals surface area contributed by atoms with Gasteiger partial charge in [0.2, 0.25) is 0 Å². The molecule has 0 unspecified atom stereocenters. The summed E-state index contributed by atoms with van der Waals surface area (Å²) in [5, 5.41) is 0. The van der Waals surface area contributed by atoms with Crippen LogP contribution in [0.4, 0.5) is 0 Å². The molecule has 0 fully saturated rings. The minimum atomic E-state index is 0.307. The first-order valence-corrected chi connectivity index (χ1v) is 3.91. The third kappa shape index (κ3) is 0.754. The minimum Gasteiger partial charge on any atom is -0.362 e. The predicted octanol–water partition coefficient (Wildman–Crippen LogP) is 1.76. The molecule has 1 N–H and O–H groups in total. The van der Waals surface area contributed by atoms with Crippen molar-refractivity contribution in [3.8, 4) is 0 Å². The molecule has 58 valence electrons. The van der Waals surface area contributed by atoms with E-state index < -0.39 is 0 Å². The monoisotopic (exact) mass is 149 g/mol. The Balaban J connectivity index is 2.67. The van der Waals surface area contributed by atoms with Crippen LogP contribution in [0.1, 0.15) is 33.7 Å². The van der Waals surface area contributed by atoms with Crippen LogP contribution in [0.2, 0.25) is 0 Å². The van der Waals surface area contributed by atoms with E-state index in [1.165, 1.54) is 0 Å². The second kappa shape index (κ2) is 1.97. The molecule has 1 aromatic rings. The van der Waals surface area contributed by atoms with Crippen molar-refractivity contribution in [2.24, 2.45) is 0 Å². The molecule has 1 aliphatic carbocycles. The van der Waals surface area contributed by atoms with Gasteiger partial charge in [-0.05, 0) is 25.8 Å². The lowest BCUT2D eigenvalue weighted by molar-refractivity contribution is 0.0994. The van der Waals surface area contributed by atoms with Crippen molar-refractivity contribution in [1.82, 2.24) is 4.98 Å². The van der Waals surface area contributed by atoms with Crippen molar-refractivity contribution in [1.29, 1.82) is 0 Å². The summed E-state index contributed by atoms with van der Waals surface area (Å²) >= 11 is 0. The number of carbonyl (C=O) groups is 1. The highest BCUT2D eigenvalue weighted by Gasteiger charge is 2.24. The molecule has 2 nitrogen and oxygen atoms in total. The number of H-pyrrole nitrogens is 1. The quantitative estimate of drug-likeness (QED) is 0.599. The van der Waals surface area contributed by atoms with Crippen LogP contribution in [0.15, 0.2) is 0 Å². The van der Waals surface area contributed by atoms with Gasteiger partial charge in [-0.1, -0.05) is 0 Å². The first kappa shape index (κ1) is 6.65. The van der Waals surface area contributed by atoms with Gasteiger partial charge in [0.05, 0.1) is 0 Å². The lowest BCUT2D eigenvalue weighted by atomic mass is 10.1. The van der Waals surface area contributed by atoms with E-state index in [0.29, 0.717) is 12.2 Å². The average molecular weight is 149 g/mol. The molecule has 0 spiro atoms. The predicted molar refractivity (Wildman–Crippen MR) is 42.9 cm³/mol. The van der Waals surface area contributed by atoms with Crippen molar-refractivity contribution < 1.29 is 4.79 Å². The molecule has 0 saturated heterocycles. The van der Waals surface area contributed by atoms with E-state index in [4.69, 9.17) is 0 Å². The maximum atomic E-state index is 11.3. The summed E-state index contributed by atoms with van der Waals surface area (Å²) in [5.74, 6) is 0.307. The number of Topliss-reactive ketones (excluding diaryl/α,β-unsaturated/α-hetero) is 1. The maximum absolute atomic E-state index is 11.3. The summed E-state index contributed by atoms with van der Waals surface area (Å²) in [5.41, 5.74) is 4.39. The number of nitrogens with one attached hydrogen (secondary N) is 1. The molecule has 1 heterocycles. The van der Waals surface area contributed by atoms with E-state index in [1.807, 2.05) is 13.8 Å². The van der Waals surface area contributed by atoms with Crippen LogP contribution in [0.5, 0.6) is 0 Å². The van der Waals surface area contributed by atoms with Crippen LogP contribution in [0, 0.1) is 13.8 Å². The number of aryl methyl sites for hydroxylation is 2. The van der Waals surface area contributed by atoms with Crippen LogP contribution in [-0.2, 0) is 6.42 Å². The van der Waals surface area contributed by atoms with Gasteiger partial charge in [-0.2, -0.15) is 0 Å². The number of carbonyl (C=O) groups excluding carboxylic acids is 1.